The van der Waals surface area contributed by atoms with Crippen molar-refractivity contribution in [2.75, 3.05) is 26.7 Å². The molecule has 0 radical (unpaired) electrons. The Labute approximate surface area is 148 Å². The van der Waals surface area contributed by atoms with E-state index in [-0.39, 0.29) is 17.4 Å². The van der Waals surface area contributed by atoms with Crippen molar-refractivity contribution in [1.29, 1.82) is 0 Å². The van der Waals surface area contributed by atoms with Gasteiger partial charge in [-0.05, 0) is 44.0 Å². The van der Waals surface area contributed by atoms with Crippen LogP contribution >= 0.6 is 0 Å². The highest BCUT2D eigenvalue weighted by atomic mass is 16.3. The lowest BCUT2D eigenvalue weighted by molar-refractivity contribution is 0.0603. The van der Waals surface area contributed by atoms with Gasteiger partial charge in [-0.2, -0.15) is 0 Å². The van der Waals surface area contributed by atoms with Crippen LogP contribution in [0.3, 0.4) is 0 Å². The van der Waals surface area contributed by atoms with Gasteiger partial charge in [-0.1, -0.05) is 30.3 Å². The molecule has 132 valence electrons. The van der Waals surface area contributed by atoms with Gasteiger partial charge in [0.2, 0.25) is 0 Å². The van der Waals surface area contributed by atoms with E-state index in [9.17, 15) is 9.90 Å². The Morgan fingerprint density at radius 2 is 2.08 bits per heavy atom. The van der Waals surface area contributed by atoms with Crippen molar-refractivity contribution in [3.8, 4) is 5.75 Å². The molecule has 1 unspecified atom stereocenters. The number of piperidine rings is 1. The van der Waals surface area contributed by atoms with Crippen LogP contribution in [0.25, 0.3) is 0 Å². The average Bonchev–Trinajstić information content (AvgIpc) is 2.67. The van der Waals surface area contributed by atoms with Crippen molar-refractivity contribution in [2.45, 2.75) is 25.3 Å². The van der Waals surface area contributed by atoms with Crippen molar-refractivity contribution >= 4 is 5.91 Å². The molecule has 0 aliphatic carbocycles. The third-order valence-corrected chi connectivity index (χ3v) is 4.89. The monoisotopic (exact) mass is 339 g/mol. The van der Waals surface area contributed by atoms with Crippen molar-refractivity contribution in [1.82, 2.24) is 14.8 Å². The lowest BCUT2D eigenvalue weighted by atomic mass is 10.0. The minimum atomic E-state index is -0.181. The highest BCUT2D eigenvalue weighted by Gasteiger charge is 2.28. The van der Waals surface area contributed by atoms with Gasteiger partial charge in [0.1, 0.15) is 5.75 Å². The number of hydrogen-bond donors (Lipinski definition) is 1. The van der Waals surface area contributed by atoms with E-state index in [1.54, 1.807) is 12.3 Å². The third-order valence-electron chi connectivity index (χ3n) is 4.89. The number of likely N-dealkylation sites (N-methyl/N-ethyl adjacent to an activating group) is 1. The molecule has 1 aromatic heterocycles. The molecular weight excluding hydrogens is 314 g/mol. The number of amides is 1. The van der Waals surface area contributed by atoms with Crippen molar-refractivity contribution in [3.63, 3.8) is 0 Å². The zero-order valence-corrected chi connectivity index (χ0v) is 14.6. The van der Waals surface area contributed by atoms with E-state index in [1.807, 2.05) is 11.0 Å². The minimum absolute atomic E-state index is 0.0490. The number of rotatable bonds is 5. The fraction of sp³-hybridized carbons (Fsp3) is 0.400. The fourth-order valence-corrected chi connectivity index (χ4v) is 3.34. The second-order valence-corrected chi connectivity index (χ2v) is 6.63. The lowest BCUT2D eigenvalue weighted by Crippen LogP contribution is -2.49. The van der Waals surface area contributed by atoms with Crippen LogP contribution in [0.15, 0.2) is 48.7 Å². The smallest absolute Gasteiger partial charge is 0.276 e. The first-order chi connectivity index (χ1) is 12.1. The topological polar surface area (TPSA) is 56.7 Å². The molecule has 0 bridgehead atoms. The maximum Gasteiger partial charge on any atom is 0.276 e. The number of nitrogens with zero attached hydrogens (tertiary/aromatic N) is 3. The SMILES string of the molecule is CN(CCc1ccccc1)C1CCCN(C(=O)c2ncccc2O)C1. The Morgan fingerprint density at radius 3 is 2.84 bits per heavy atom. The average molecular weight is 339 g/mol. The van der Waals surface area contributed by atoms with Crippen LogP contribution in [0, 0.1) is 0 Å². The van der Waals surface area contributed by atoms with Gasteiger partial charge in [0, 0.05) is 31.9 Å². The first kappa shape index (κ1) is 17.4. The number of pyridine rings is 1. The quantitative estimate of drug-likeness (QED) is 0.910. The Balaban J connectivity index is 1.59. The summed E-state index contributed by atoms with van der Waals surface area (Å²) >= 11 is 0. The van der Waals surface area contributed by atoms with E-state index in [0.29, 0.717) is 12.6 Å². The molecule has 1 atom stereocenters. The van der Waals surface area contributed by atoms with Crippen LogP contribution in [0.4, 0.5) is 0 Å². The van der Waals surface area contributed by atoms with Gasteiger partial charge in [-0.15, -0.1) is 0 Å². The summed E-state index contributed by atoms with van der Waals surface area (Å²) in [5.74, 6) is -0.230. The second-order valence-electron chi connectivity index (χ2n) is 6.63. The molecule has 0 saturated carbocycles. The van der Waals surface area contributed by atoms with Gasteiger partial charge in [-0.3, -0.25) is 4.79 Å². The van der Waals surface area contributed by atoms with E-state index in [1.165, 1.54) is 11.6 Å². The number of likely N-dealkylation sites (tertiary alicyclic amines) is 1. The molecule has 5 nitrogen and oxygen atoms in total. The number of aromatic nitrogens is 1. The van der Waals surface area contributed by atoms with Crippen molar-refractivity contribution in [3.05, 3.63) is 59.9 Å². The summed E-state index contributed by atoms with van der Waals surface area (Å²) in [6, 6.07) is 13.9. The second kappa shape index (κ2) is 8.12. The highest BCUT2D eigenvalue weighted by molar-refractivity contribution is 5.94. The zero-order valence-electron chi connectivity index (χ0n) is 14.6. The lowest BCUT2D eigenvalue weighted by Gasteiger charge is -2.37. The van der Waals surface area contributed by atoms with Gasteiger partial charge in [0.05, 0.1) is 0 Å². The number of aromatic hydroxyl groups is 1. The van der Waals surface area contributed by atoms with Crippen LogP contribution in [0.1, 0.15) is 28.9 Å². The normalized spacial score (nSPS) is 17.7. The number of benzene rings is 1. The van der Waals surface area contributed by atoms with Gasteiger partial charge in [0.25, 0.3) is 5.91 Å². The molecule has 25 heavy (non-hydrogen) atoms. The van der Waals surface area contributed by atoms with Crippen molar-refractivity contribution in [2.24, 2.45) is 0 Å². The van der Waals surface area contributed by atoms with E-state index in [2.05, 4.69) is 41.2 Å². The minimum Gasteiger partial charge on any atom is -0.505 e. The molecule has 2 aromatic rings. The number of carbonyl (C=O) groups excluding carboxylic acids is 1. The largest absolute Gasteiger partial charge is 0.505 e. The molecule has 1 saturated heterocycles. The molecule has 1 aromatic carbocycles. The molecule has 1 aliphatic heterocycles. The predicted molar refractivity (Wildman–Crippen MR) is 97.6 cm³/mol. The molecule has 0 spiro atoms. The standard InChI is InChI=1S/C20H25N3O2/c1-22(14-11-16-7-3-2-4-8-16)17-9-6-13-23(15-17)20(25)19-18(24)10-5-12-21-19/h2-5,7-8,10,12,17,24H,6,9,11,13-15H2,1H3. The molecule has 1 fully saturated rings. The molecule has 1 amide bonds. The van der Waals surface area contributed by atoms with Gasteiger partial charge < -0.3 is 14.9 Å². The van der Waals surface area contributed by atoms with E-state index in [0.717, 1.165) is 32.4 Å². The van der Waals surface area contributed by atoms with Gasteiger partial charge >= 0.3 is 0 Å². The van der Waals surface area contributed by atoms with Crippen LogP contribution < -0.4 is 0 Å². The van der Waals surface area contributed by atoms with E-state index < -0.39 is 0 Å². The van der Waals surface area contributed by atoms with Crippen LogP contribution in [-0.4, -0.2) is 58.5 Å². The van der Waals surface area contributed by atoms with Gasteiger partial charge in [-0.25, -0.2) is 4.98 Å². The number of carbonyl (C=O) groups is 1. The van der Waals surface area contributed by atoms with Crippen LogP contribution in [0.5, 0.6) is 5.75 Å². The molecule has 3 rings (SSSR count). The summed E-state index contributed by atoms with van der Waals surface area (Å²) in [6.07, 6.45) is 4.60. The van der Waals surface area contributed by atoms with Crippen molar-refractivity contribution < 1.29 is 9.90 Å². The maximum absolute atomic E-state index is 12.7. The van der Waals surface area contributed by atoms with Crippen LogP contribution in [-0.2, 0) is 6.42 Å². The number of hydrogen-bond acceptors (Lipinski definition) is 4. The molecule has 5 heteroatoms. The summed E-state index contributed by atoms with van der Waals surface area (Å²) in [4.78, 5) is 20.9. The first-order valence-electron chi connectivity index (χ1n) is 8.82. The molecule has 1 aliphatic rings. The maximum atomic E-state index is 12.7. The molecule has 1 N–H and O–H groups in total. The Hall–Kier alpha value is -2.40. The van der Waals surface area contributed by atoms with Gasteiger partial charge in [0.15, 0.2) is 5.69 Å². The Kier molecular flexibility index (Phi) is 5.66. The zero-order chi connectivity index (χ0) is 17.6. The van der Waals surface area contributed by atoms with Crippen LogP contribution in [0.2, 0.25) is 0 Å². The third kappa shape index (κ3) is 4.37. The Bertz CT molecular complexity index is 705. The summed E-state index contributed by atoms with van der Waals surface area (Å²) in [5.41, 5.74) is 1.48. The predicted octanol–water partition coefficient (Wildman–Crippen LogP) is 2.57. The summed E-state index contributed by atoms with van der Waals surface area (Å²) in [7, 11) is 2.12. The summed E-state index contributed by atoms with van der Waals surface area (Å²) in [5, 5.41) is 9.88. The summed E-state index contributed by atoms with van der Waals surface area (Å²) < 4.78 is 0. The summed E-state index contributed by atoms with van der Waals surface area (Å²) in [6.45, 7) is 2.36. The first-order valence-corrected chi connectivity index (χ1v) is 8.82. The fourth-order valence-electron chi connectivity index (χ4n) is 3.34. The van der Waals surface area contributed by atoms with E-state index >= 15 is 0 Å². The molecule has 2 heterocycles. The highest BCUT2D eigenvalue weighted by Crippen LogP contribution is 2.20. The van der Waals surface area contributed by atoms with E-state index in [4.69, 9.17) is 0 Å². The molecular formula is C20H25N3O2. The Morgan fingerprint density at radius 1 is 1.28 bits per heavy atom.